The molecule has 21 heavy (non-hydrogen) atoms. The van der Waals surface area contributed by atoms with Crippen LogP contribution in [-0.2, 0) is 6.54 Å². The van der Waals surface area contributed by atoms with Crippen molar-refractivity contribution in [2.75, 3.05) is 0 Å². The van der Waals surface area contributed by atoms with E-state index in [0.29, 0.717) is 5.52 Å². The number of nitrogens with one attached hydrogen (secondary N) is 1. The summed E-state index contributed by atoms with van der Waals surface area (Å²) >= 11 is 0. The van der Waals surface area contributed by atoms with Crippen LogP contribution in [0.25, 0.3) is 22.5 Å². The monoisotopic (exact) mass is 298 g/mol. The predicted molar refractivity (Wildman–Crippen MR) is 66.4 cm³/mol. The molecule has 0 amide bonds. The molecule has 110 valence electrons. The van der Waals surface area contributed by atoms with Gasteiger partial charge >= 0.3 is 12.1 Å². The number of alkyl halides is 2. The molecule has 0 bridgehead atoms. The molecule has 0 aliphatic heterocycles. The highest BCUT2D eigenvalue weighted by molar-refractivity contribution is 5.90. The van der Waals surface area contributed by atoms with Gasteiger partial charge in [0.05, 0.1) is 11.0 Å². The molecule has 0 fully saturated rings. The van der Waals surface area contributed by atoms with E-state index in [2.05, 4.69) is 15.2 Å². The molecule has 0 saturated carbocycles. The second-order valence-corrected chi connectivity index (χ2v) is 4.24. The number of halogens is 3. The molecule has 3 rings (SSSR count). The lowest BCUT2D eigenvalue weighted by atomic mass is 10.1. The van der Waals surface area contributed by atoms with Gasteiger partial charge < -0.3 is 9.40 Å². The molecule has 2 heterocycles. The average molecular weight is 298 g/mol. The zero-order valence-electron chi connectivity index (χ0n) is 10.7. The Labute approximate surface area is 115 Å². The Morgan fingerprint density at radius 2 is 2.14 bits per heavy atom. The van der Waals surface area contributed by atoms with E-state index in [0.717, 1.165) is 6.07 Å². The highest BCUT2D eigenvalue weighted by Gasteiger charge is 2.23. The second-order valence-electron chi connectivity index (χ2n) is 4.24. The van der Waals surface area contributed by atoms with Crippen LogP contribution in [0.2, 0.25) is 0 Å². The van der Waals surface area contributed by atoms with Crippen LogP contribution >= 0.6 is 0 Å². The van der Waals surface area contributed by atoms with Gasteiger partial charge in [0.2, 0.25) is 0 Å². The maximum Gasteiger partial charge on any atom is 0.326 e. The fourth-order valence-corrected chi connectivity index (χ4v) is 2.16. The highest BCUT2D eigenvalue weighted by atomic mass is 19.3. The third-order valence-electron chi connectivity index (χ3n) is 3.04. The number of fused-ring (bicyclic) bond motifs is 1. The average Bonchev–Trinajstić information content (AvgIpc) is 3.03. The smallest absolute Gasteiger partial charge is 0.326 e. The first-order valence-corrected chi connectivity index (χ1v) is 6.05. The first-order valence-electron chi connectivity index (χ1n) is 6.05. The Balaban J connectivity index is 2.34. The maximum absolute atomic E-state index is 14.1. The van der Waals surface area contributed by atoms with Crippen molar-refractivity contribution in [3.05, 3.63) is 34.3 Å². The topological polar surface area (TPSA) is 76.7 Å². The molecule has 3 aromatic rings. The van der Waals surface area contributed by atoms with Gasteiger partial charge in [-0.1, -0.05) is 0 Å². The second kappa shape index (κ2) is 4.76. The van der Waals surface area contributed by atoms with Gasteiger partial charge in [-0.05, 0) is 19.1 Å². The summed E-state index contributed by atoms with van der Waals surface area (Å²) in [5.41, 5.74) is -0.0536. The number of nitrogens with zero attached hydrogens (tertiary/aromatic N) is 3. The largest absolute Gasteiger partial charge is 0.415 e. The van der Waals surface area contributed by atoms with Gasteiger partial charge in [0.1, 0.15) is 11.4 Å². The SMILES string of the molecule is CCn1c(=O)[nH]c2ccc(F)c(-c3nnc(C(F)F)o3)c21. The van der Waals surface area contributed by atoms with E-state index >= 15 is 0 Å². The normalized spacial score (nSPS) is 11.7. The van der Waals surface area contributed by atoms with Gasteiger partial charge in [-0.25, -0.2) is 9.18 Å². The Bertz CT molecular complexity index is 865. The summed E-state index contributed by atoms with van der Waals surface area (Å²) in [7, 11) is 0. The van der Waals surface area contributed by atoms with Crippen molar-refractivity contribution in [1.29, 1.82) is 0 Å². The molecule has 0 aliphatic carbocycles. The minimum atomic E-state index is -2.95. The van der Waals surface area contributed by atoms with Crippen molar-refractivity contribution in [2.45, 2.75) is 19.9 Å². The van der Waals surface area contributed by atoms with E-state index in [-0.39, 0.29) is 17.6 Å². The number of H-pyrrole nitrogens is 1. The van der Waals surface area contributed by atoms with Crippen LogP contribution in [0.1, 0.15) is 19.2 Å². The third kappa shape index (κ3) is 2.01. The predicted octanol–water partition coefficient (Wildman–Crippen LogP) is 2.48. The van der Waals surface area contributed by atoms with Crippen molar-refractivity contribution < 1.29 is 17.6 Å². The lowest BCUT2D eigenvalue weighted by molar-refractivity contribution is 0.116. The van der Waals surface area contributed by atoms with Gasteiger partial charge in [-0.3, -0.25) is 4.57 Å². The zero-order chi connectivity index (χ0) is 15.1. The molecule has 0 spiro atoms. The summed E-state index contributed by atoms with van der Waals surface area (Å²) in [5, 5.41) is 6.61. The standard InChI is InChI=1S/C12H9F3N4O2/c1-2-19-8-6(16-12(19)20)4-3-5(13)7(8)10-17-18-11(21-10)9(14)15/h3-4,9H,2H2,1H3,(H,16,20). The third-order valence-corrected chi connectivity index (χ3v) is 3.04. The molecule has 1 aromatic carbocycles. The van der Waals surface area contributed by atoms with Crippen LogP contribution in [0.5, 0.6) is 0 Å². The van der Waals surface area contributed by atoms with Crippen LogP contribution in [-0.4, -0.2) is 19.7 Å². The van der Waals surface area contributed by atoms with E-state index in [9.17, 15) is 18.0 Å². The summed E-state index contributed by atoms with van der Waals surface area (Å²) in [6, 6.07) is 2.48. The van der Waals surface area contributed by atoms with Gasteiger partial charge in [-0.2, -0.15) is 8.78 Å². The number of hydrogen-bond donors (Lipinski definition) is 1. The fraction of sp³-hybridized carbons (Fsp3) is 0.250. The van der Waals surface area contributed by atoms with Crippen molar-refractivity contribution in [1.82, 2.24) is 19.7 Å². The molecule has 0 unspecified atom stereocenters. The summed E-state index contributed by atoms with van der Waals surface area (Å²) in [6.45, 7) is 1.97. The number of aryl methyl sites for hydroxylation is 1. The molecular weight excluding hydrogens is 289 g/mol. The fourth-order valence-electron chi connectivity index (χ4n) is 2.16. The highest BCUT2D eigenvalue weighted by Crippen LogP contribution is 2.31. The molecule has 0 radical (unpaired) electrons. The minimum Gasteiger partial charge on any atom is -0.415 e. The Morgan fingerprint density at radius 1 is 1.38 bits per heavy atom. The number of rotatable bonds is 3. The molecular formula is C12H9F3N4O2. The number of hydrogen-bond acceptors (Lipinski definition) is 4. The number of imidazole rings is 1. The van der Waals surface area contributed by atoms with Gasteiger partial charge in [-0.15, -0.1) is 10.2 Å². The number of benzene rings is 1. The minimum absolute atomic E-state index is 0.174. The lowest BCUT2D eigenvalue weighted by Gasteiger charge is -2.04. The Hall–Kier alpha value is -2.58. The van der Waals surface area contributed by atoms with E-state index in [4.69, 9.17) is 4.42 Å². The van der Waals surface area contributed by atoms with Crippen molar-refractivity contribution >= 4 is 11.0 Å². The van der Waals surface area contributed by atoms with Crippen LogP contribution < -0.4 is 5.69 Å². The van der Waals surface area contributed by atoms with Crippen LogP contribution in [0, 0.1) is 5.82 Å². The quantitative estimate of drug-likeness (QED) is 0.806. The summed E-state index contributed by atoms with van der Waals surface area (Å²) < 4.78 is 45.2. The van der Waals surface area contributed by atoms with Crippen molar-refractivity contribution in [3.8, 4) is 11.5 Å². The van der Waals surface area contributed by atoms with E-state index in [1.165, 1.54) is 10.6 Å². The van der Waals surface area contributed by atoms with E-state index in [1.54, 1.807) is 6.92 Å². The summed E-state index contributed by atoms with van der Waals surface area (Å²) in [5.74, 6) is -2.04. The van der Waals surface area contributed by atoms with Crippen LogP contribution in [0.3, 0.4) is 0 Å². The lowest BCUT2D eigenvalue weighted by Crippen LogP contribution is -2.15. The van der Waals surface area contributed by atoms with Crippen molar-refractivity contribution in [2.24, 2.45) is 0 Å². The van der Waals surface area contributed by atoms with E-state index < -0.39 is 29.7 Å². The zero-order valence-corrected chi connectivity index (χ0v) is 10.7. The molecule has 6 nitrogen and oxygen atoms in total. The first-order chi connectivity index (χ1) is 10.0. The maximum atomic E-state index is 14.1. The molecule has 0 saturated heterocycles. The Morgan fingerprint density at radius 3 is 2.76 bits per heavy atom. The van der Waals surface area contributed by atoms with Crippen LogP contribution in [0.4, 0.5) is 13.2 Å². The molecule has 0 aliphatic rings. The molecule has 2 aromatic heterocycles. The summed E-state index contributed by atoms with van der Waals surface area (Å²) in [6.07, 6.45) is -2.95. The molecule has 0 atom stereocenters. The number of aromatic nitrogens is 4. The van der Waals surface area contributed by atoms with Crippen LogP contribution in [0.15, 0.2) is 21.3 Å². The van der Waals surface area contributed by atoms with Gasteiger partial charge in [0, 0.05) is 6.54 Å². The van der Waals surface area contributed by atoms with Crippen molar-refractivity contribution in [3.63, 3.8) is 0 Å². The van der Waals surface area contributed by atoms with E-state index in [1.807, 2.05) is 0 Å². The summed E-state index contributed by atoms with van der Waals surface area (Å²) in [4.78, 5) is 14.3. The van der Waals surface area contributed by atoms with Gasteiger partial charge in [0.25, 0.3) is 11.8 Å². The molecule has 9 heteroatoms. The van der Waals surface area contributed by atoms with Gasteiger partial charge in [0.15, 0.2) is 0 Å². The first kappa shape index (κ1) is 13.4. The molecule has 1 N–H and O–H groups in total. The number of aromatic amines is 1. The Kier molecular flexibility index (Phi) is 3.04.